The zero-order valence-corrected chi connectivity index (χ0v) is 14.5. The number of hydrogen-bond donors (Lipinski definition) is 1. The van der Waals surface area contributed by atoms with Crippen LogP contribution in [0.5, 0.6) is 0 Å². The standard InChI is InChI=1S/C16H26OS2/c1-12(11-17)16(5,6)13-9-7-8-10-14(13)18-19-15(2,3)4/h7-10,12,17H,11H2,1-6H3. The summed E-state index contributed by atoms with van der Waals surface area (Å²) in [5, 5.41) is 9.47. The van der Waals surface area contributed by atoms with E-state index in [4.69, 9.17) is 0 Å². The van der Waals surface area contributed by atoms with Crippen LogP contribution in [0.4, 0.5) is 0 Å². The Kier molecular flexibility index (Phi) is 5.84. The minimum absolute atomic E-state index is 0.0171. The van der Waals surface area contributed by atoms with E-state index in [1.807, 2.05) is 21.6 Å². The van der Waals surface area contributed by atoms with Gasteiger partial charge in [0.1, 0.15) is 0 Å². The van der Waals surface area contributed by atoms with Crippen LogP contribution in [0.1, 0.15) is 47.1 Å². The van der Waals surface area contributed by atoms with Crippen LogP contribution in [0.25, 0.3) is 0 Å². The molecular formula is C16H26OS2. The lowest BCUT2D eigenvalue weighted by Gasteiger charge is -2.33. The number of benzene rings is 1. The molecule has 3 heteroatoms. The first-order valence-corrected chi connectivity index (χ1v) is 8.89. The highest BCUT2D eigenvalue weighted by molar-refractivity contribution is 8.77. The van der Waals surface area contributed by atoms with Crippen molar-refractivity contribution in [3.05, 3.63) is 29.8 Å². The normalized spacial score (nSPS) is 14.5. The van der Waals surface area contributed by atoms with E-state index in [1.54, 1.807) is 0 Å². The van der Waals surface area contributed by atoms with Gasteiger partial charge in [0.2, 0.25) is 0 Å². The highest BCUT2D eigenvalue weighted by atomic mass is 33.1. The molecule has 19 heavy (non-hydrogen) atoms. The fraction of sp³-hybridized carbons (Fsp3) is 0.625. The van der Waals surface area contributed by atoms with Gasteiger partial charge in [-0.1, -0.05) is 81.3 Å². The summed E-state index contributed by atoms with van der Waals surface area (Å²) in [6, 6.07) is 8.56. The molecule has 0 aliphatic heterocycles. The Hall–Kier alpha value is -0.120. The molecule has 1 aromatic carbocycles. The van der Waals surface area contributed by atoms with Crippen molar-refractivity contribution < 1.29 is 5.11 Å². The molecule has 0 fully saturated rings. The number of aliphatic hydroxyl groups is 1. The molecule has 0 saturated heterocycles. The third kappa shape index (κ3) is 4.73. The molecule has 1 aromatic rings. The van der Waals surface area contributed by atoms with Crippen LogP contribution in [-0.2, 0) is 5.41 Å². The van der Waals surface area contributed by atoms with Gasteiger partial charge in [0.05, 0.1) is 0 Å². The number of rotatable bonds is 5. The largest absolute Gasteiger partial charge is 0.396 e. The van der Waals surface area contributed by atoms with Crippen LogP contribution in [0.3, 0.4) is 0 Å². The average molecular weight is 299 g/mol. The van der Waals surface area contributed by atoms with E-state index in [2.05, 4.69) is 65.8 Å². The fourth-order valence-electron chi connectivity index (χ4n) is 1.74. The summed E-state index contributed by atoms with van der Waals surface area (Å²) in [5.41, 5.74) is 1.31. The van der Waals surface area contributed by atoms with Gasteiger partial charge in [-0.25, -0.2) is 0 Å². The maximum absolute atomic E-state index is 9.47. The van der Waals surface area contributed by atoms with Crippen molar-refractivity contribution in [3.8, 4) is 0 Å². The van der Waals surface area contributed by atoms with Crippen LogP contribution in [0.15, 0.2) is 29.2 Å². The Morgan fingerprint density at radius 1 is 1.11 bits per heavy atom. The van der Waals surface area contributed by atoms with E-state index in [9.17, 15) is 5.11 Å². The first kappa shape index (κ1) is 16.9. The van der Waals surface area contributed by atoms with Gasteiger partial charge in [-0.05, 0) is 23.0 Å². The first-order chi connectivity index (χ1) is 8.68. The molecule has 0 bridgehead atoms. The quantitative estimate of drug-likeness (QED) is 0.761. The van der Waals surface area contributed by atoms with Crippen molar-refractivity contribution in [1.82, 2.24) is 0 Å². The predicted molar refractivity (Wildman–Crippen MR) is 88.9 cm³/mol. The van der Waals surface area contributed by atoms with Gasteiger partial charge in [-0.2, -0.15) is 0 Å². The summed E-state index contributed by atoms with van der Waals surface area (Å²) < 4.78 is 0.241. The van der Waals surface area contributed by atoms with Gasteiger partial charge in [0.15, 0.2) is 0 Å². The Morgan fingerprint density at radius 3 is 2.21 bits per heavy atom. The lowest BCUT2D eigenvalue weighted by molar-refractivity contribution is 0.179. The molecule has 0 heterocycles. The molecule has 1 nitrogen and oxygen atoms in total. The molecule has 0 aliphatic rings. The topological polar surface area (TPSA) is 20.2 Å². The molecule has 0 aromatic heterocycles. The summed E-state index contributed by atoms with van der Waals surface area (Å²) in [5.74, 6) is 0.244. The number of aliphatic hydroxyl groups excluding tert-OH is 1. The summed E-state index contributed by atoms with van der Waals surface area (Å²) in [4.78, 5) is 1.31. The predicted octanol–water partition coefficient (Wildman–Crippen LogP) is 5.13. The Labute approximate surface area is 126 Å². The minimum Gasteiger partial charge on any atom is -0.396 e. The van der Waals surface area contributed by atoms with E-state index in [0.29, 0.717) is 0 Å². The van der Waals surface area contributed by atoms with E-state index in [0.717, 1.165) is 0 Å². The molecule has 108 valence electrons. The van der Waals surface area contributed by atoms with Crippen LogP contribution in [0, 0.1) is 5.92 Å². The zero-order chi connectivity index (χ0) is 14.7. The van der Waals surface area contributed by atoms with Crippen LogP contribution in [0.2, 0.25) is 0 Å². The molecule has 1 unspecified atom stereocenters. The van der Waals surface area contributed by atoms with Gasteiger partial charge >= 0.3 is 0 Å². The van der Waals surface area contributed by atoms with E-state index in [-0.39, 0.29) is 22.7 Å². The molecule has 1 N–H and O–H groups in total. The van der Waals surface area contributed by atoms with Gasteiger partial charge in [0.25, 0.3) is 0 Å². The van der Waals surface area contributed by atoms with E-state index < -0.39 is 0 Å². The second-order valence-corrected chi connectivity index (χ2v) is 9.58. The molecule has 1 rings (SSSR count). The Bertz CT molecular complexity index is 407. The molecule has 1 atom stereocenters. The summed E-state index contributed by atoms with van der Waals surface area (Å²) >= 11 is 0. The maximum atomic E-state index is 9.47. The Morgan fingerprint density at radius 2 is 1.68 bits per heavy atom. The summed E-state index contributed by atoms with van der Waals surface area (Å²) in [7, 11) is 3.73. The SMILES string of the molecule is CC(CO)C(C)(C)c1ccccc1SSC(C)(C)C. The third-order valence-corrected chi connectivity index (χ3v) is 6.88. The monoisotopic (exact) mass is 298 g/mol. The smallest absolute Gasteiger partial charge is 0.0464 e. The molecule has 0 aliphatic carbocycles. The molecule has 0 amide bonds. The van der Waals surface area contributed by atoms with Crippen molar-refractivity contribution >= 4 is 21.6 Å². The molecular weight excluding hydrogens is 272 g/mol. The van der Waals surface area contributed by atoms with Gasteiger partial charge in [0, 0.05) is 16.2 Å². The Balaban J connectivity index is 3.02. The van der Waals surface area contributed by atoms with E-state index in [1.165, 1.54) is 10.5 Å². The third-order valence-electron chi connectivity index (χ3n) is 3.47. The van der Waals surface area contributed by atoms with Crippen molar-refractivity contribution in [2.75, 3.05) is 6.61 Å². The van der Waals surface area contributed by atoms with E-state index >= 15 is 0 Å². The van der Waals surface area contributed by atoms with Crippen molar-refractivity contribution in [2.45, 2.75) is 56.6 Å². The highest BCUT2D eigenvalue weighted by Gasteiger charge is 2.30. The van der Waals surface area contributed by atoms with Gasteiger partial charge in [-0.15, -0.1) is 0 Å². The molecule has 0 saturated carbocycles. The average Bonchev–Trinajstić information content (AvgIpc) is 2.34. The van der Waals surface area contributed by atoms with Crippen LogP contribution in [-0.4, -0.2) is 16.5 Å². The van der Waals surface area contributed by atoms with Gasteiger partial charge in [-0.3, -0.25) is 0 Å². The van der Waals surface area contributed by atoms with Crippen molar-refractivity contribution in [1.29, 1.82) is 0 Å². The second kappa shape index (κ2) is 6.55. The summed E-state index contributed by atoms with van der Waals surface area (Å²) in [6.45, 7) is 13.5. The lowest BCUT2D eigenvalue weighted by Crippen LogP contribution is -2.29. The second-order valence-electron chi connectivity index (χ2n) is 6.58. The highest BCUT2D eigenvalue weighted by Crippen LogP contribution is 2.45. The summed E-state index contributed by atoms with van der Waals surface area (Å²) in [6.07, 6.45) is 0. The number of hydrogen-bond acceptors (Lipinski definition) is 3. The van der Waals surface area contributed by atoms with Crippen LogP contribution >= 0.6 is 21.6 Å². The zero-order valence-electron chi connectivity index (χ0n) is 12.9. The molecule has 0 spiro atoms. The van der Waals surface area contributed by atoms with Crippen molar-refractivity contribution in [2.24, 2.45) is 5.92 Å². The van der Waals surface area contributed by atoms with Crippen molar-refractivity contribution in [3.63, 3.8) is 0 Å². The minimum atomic E-state index is -0.0171. The van der Waals surface area contributed by atoms with Gasteiger partial charge < -0.3 is 5.11 Å². The fourth-order valence-corrected chi connectivity index (χ4v) is 4.09. The van der Waals surface area contributed by atoms with Crippen LogP contribution < -0.4 is 0 Å². The maximum Gasteiger partial charge on any atom is 0.0464 e. The first-order valence-electron chi connectivity index (χ1n) is 6.74. The molecule has 0 radical (unpaired) electrons. The lowest BCUT2D eigenvalue weighted by atomic mass is 9.74.